The predicted molar refractivity (Wildman–Crippen MR) is 51.4 cm³/mol. The van der Waals surface area contributed by atoms with Crippen molar-refractivity contribution >= 4 is 5.97 Å². The van der Waals surface area contributed by atoms with Crippen LogP contribution in [0.5, 0.6) is 0 Å². The van der Waals surface area contributed by atoms with E-state index >= 15 is 0 Å². The van der Waals surface area contributed by atoms with Gasteiger partial charge in [0.15, 0.2) is 5.69 Å². The molecule has 4 heteroatoms. The number of aromatic nitrogens is 2. The van der Waals surface area contributed by atoms with Crippen molar-refractivity contribution in [3.05, 3.63) is 17.0 Å². The van der Waals surface area contributed by atoms with E-state index in [0.29, 0.717) is 11.8 Å². The van der Waals surface area contributed by atoms with Crippen LogP contribution in [0.25, 0.3) is 0 Å². The molecule has 1 aliphatic carbocycles. The fourth-order valence-corrected chi connectivity index (χ4v) is 2.39. The number of aromatic carboxylic acids is 1. The lowest BCUT2D eigenvalue weighted by molar-refractivity contribution is 0.0688. The van der Waals surface area contributed by atoms with Crippen LogP contribution in [0.3, 0.4) is 0 Å². The monoisotopic (exact) mass is 194 g/mol. The Kier molecular flexibility index (Phi) is 2.06. The summed E-state index contributed by atoms with van der Waals surface area (Å²) in [5.74, 6) is -0.0119. The van der Waals surface area contributed by atoms with Crippen LogP contribution in [0.15, 0.2) is 0 Å². The van der Waals surface area contributed by atoms with Gasteiger partial charge < -0.3 is 5.11 Å². The molecule has 14 heavy (non-hydrogen) atoms. The molecule has 4 nitrogen and oxygen atoms in total. The summed E-state index contributed by atoms with van der Waals surface area (Å²) in [5.41, 5.74) is 2.13. The number of hydrogen-bond acceptors (Lipinski definition) is 2. The lowest BCUT2D eigenvalue weighted by atomic mass is 9.81. The maximum Gasteiger partial charge on any atom is 0.356 e. The van der Waals surface area contributed by atoms with E-state index in [9.17, 15) is 4.79 Å². The maximum atomic E-state index is 10.9. The number of hydrogen-bond donors (Lipinski definition) is 2. The van der Waals surface area contributed by atoms with Crippen molar-refractivity contribution in [1.82, 2.24) is 10.2 Å². The van der Waals surface area contributed by atoms with Crippen molar-refractivity contribution < 1.29 is 9.90 Å². The first kappa shape index (κ1) is 9.24. The Bertz CT molecular complexity index is 370. The Morgan fingerprint density at radius 1 is 1.57 bits per heavy atom. The summed E-state index contributed by atoms with van der Waals surface area (Å²) in [6, 6.07) is 0. The standard InChI is InChI=1S/C10H14N2O2/c1-5-3-6(2)8-7(4-5)11-12-9(8)10(13)14/h5-6H,3-4H2,1-2H3,(H,11,12)(H,13,14). The highest BCUT2D eigenvalue weighted by Gasteiger charge is 2.29. The highest BCUT2D eigenvalue weighted by atomic mass is 16.4. The van der Waals surface area contributed by atoms with Crippen LogP contribution in [-0.2, 0) is 6.42 Å². The lowest BCUT2D eigenvalue weighted by Crippen LogP contribution is -2.16. The number of nitrogens with zero attached hydrogens (tertiary/aromatic N) is 1. The van der Waals surface area contributed by atoms with Gasteiger partial charge in [-0.3, -0.25) is 5.10 Å². The molecule has 0 aromatic carbocycles. The van der Waals surface area contributed by atoms with Gasteiger partial charge in [-0.2, -0.15) is 5.10 Å². The minimum atomic E-state index is -0.927. The quantitative estimate of drug-likeness (QED) is 0.716. The molecule has 2 atom stereocenters. The number of carboxylic acids is 1. The summed E-state index contributed by atoms with van der Waals surface area (Å²) < 4.78 is 0. The van der Waals surface area contributed by atoms with Gasteiger partial charge in [-0.05, 0) is 24.7 Å². The van der Waals surface area contributed by atoms with Gasteiger partial charge in [0.25, 0.3) is 0 Å². The molecule has 0 saturated carbocycles. The Labute approximate surface area is 82.3 Å². The summed E-state index contributed by atoms with van der Waals surface area (Å²) in [5, 5.41) is 15.6. The second kappa shape index (κ2) is 3.12. The van der Waals surface area contributed by atoms with Crippen LogP contribution in [0.1, 0.15) is 47.9 Å². The fraction of sp³-hybridized carbons (Fsp3) is 0.600. The number of H-pyrrole nitrogens is 1. The third-order valence-corrected chi connectivity index (χ3v) is 2.89. The van der Waals surface area contributed by atoms with Crippen LogP contribution in [0.2, 0.25) is 0 Å². The molecule has 2 N–H and O–H groups in total. The molecular formula is C10H14N2O2. The zero-order valence-electron chi connectivity index (χ0n) is 8.37. The van der Waals surface area contributed by atoms with Crippen molar-refractivity contribution in [2.45, 2.75) is 32.6 Å². The molecule has 1 aromatic heterocycles. The van der Waals surface area contributed by atoms with E-state index < -0.39 is 5.97 Å². The molecule has 1 heterocycles. The van der Waals surface area contributed by atoms with E-state index in [1.807, 2.05) is 0 Å². The smallest absolute Gasteiger partial charge is 0.356 e. The second-order valence-electron chi connectivity index (χ2n) is 4.22. The normalized spacial score (nSPS) is 25.9. The van der Waals surface area contributed by atoms with Crippen LogP contribution >= 0.6 is 0 Å². The van der Waals surface area contributed by atoms with Crippen LogP contribution in [0, 0.1) is 5.92 Å². The molecular weight excluding hydrogens is 180 g/mol. The van der Waals surface area contributed by atoms with Crippen molar-refractivity contribution in [1.29, 1.82) is 0 Å². The molecule has 0 radical (unpaired) electrons. The Hall–Kier alpha value is -1.32. The van der Waals surface area contributed by atoms with E-state index in [0.717, 1.165) is 24.1 Å². The van der Waals surface area contributed by atoms with E-state index in [-0.39, 0.29) is 5.69 Å². The summed E-state index contributed by atoms with van der Waals surface area (Å²) in [4.78, 5) is 10.9. The van der Waals surface area contributed by atoms with Gasteiger partial charge in [-0.15, -0.1) is 0 Å². The molecule has 0 fully saturated rings. The maximum absolute atomic E-state index is 10.9. The van der Waals surface area contributed by atoms with Crippen LogP contribution in [-0.4, -0.2) is 21.3 Å². The van der Waals surface area contributed by atoms with Gasteiger partial charge in [-0.25, -0.2) is 4.79 Å². The van der Waals surface area contributed by atoms with Gasteiger partial charge in [-0.1, -0.05) is 13.8 Å². The Morgan fingerprint density at radius 2 is 2.29 bits per heavy atom. The van der Waals surface area contributed by atoms with E-state index in [4.69, 9.17) is 5.11 Å². The minimum Gasteiger partial charge on any atom is -0.476 e. The SMILES string of the molecule is CC1Cc2[nH]nc(C(=O)O)c2C(C)C1. The predicted octanol–water partition coefficient (Wildman–Crippen LogP) is 1.79. The number of fused-ring (bicyclic) bond motifs is 1. The third-order valence-electron chi connectivity index (χ3n) is 2.89. The first-order valence-corrected chi connectivity index (χ1v) is 4.90. The molecule has 2 unspecified atom stereocenters. The van der Waals surface area contributed by atoms with Crippen LogP contribution in [0.4, 0.5) is 0 Å². The minimum absolute atomic E-state index is 0.208. The highest BCUT2D eigenvalue weighted by molar-refractivity contribution is 5.87. The number of carbonyl (C=O) groups is 1. The topological polar surface area (TPSA) is 66.0 Å². The molecule has 1 aliphatic rings. The highest BCUT2D eigenvalue weighted by Crippen LogP contribution is 2.35. The van der Waals surface area contributed by atoms with Crippen molar-refractivity contribution in [2.75, 3.05) is 0 Å². The average molecular weight is 194 g/mol. The molecule has 1 aromatic rings. The van der Waals surface area contributed by atoms with Gasteiger partial charge in [0.2, 0.25) is 0 Å². The molecule has 0 amide bonds. The number of aromatic amines is 1. The number of nitrogens with one attached hydrogen (secondary N) is 1. The van der Waals surface area contributed by atoms with E-state index in [2.05, 4.69) is 24.0 Å². The van der Waals surface area contributed by atoms with Crippen molar-refractivity contribution in [3.8, 4) is 0 Å². The molecule has 0 saturated heterocycles. The van der Waals surface area contributed by atoms with E-state index in [1.54, 1.807) is 0 Å². The molecule has 0 bridgehead atoms. The van der Waals surface area contributed by atoms with Gasteiger partial charge in [0.1, 0.15) is 0 Å². The molecule has 2 rings (SSSR count). The molecule has 76 valence electrons. The van der Waals surface area contributed by atoms with Crippen LogP contribution < -0.4 is 0 Å². The largest absolute Gasteiger partial charge is 0.476 e. The number of rotatable bonds is 1. The summed E-state index contributed by atoms with van der Waals surface area (Å²) >= 11 is 0. The van der Waals surface area contributed by atoms with Gasteiger partial charge in [0, 0.05) is 11.3 Å². The fourth-order valence-electron chi connectivity index (χ4n) is 2.39. The Morgan fingerprint density at radius 3 is 2.93 bits per heavy atom. The zero-order chi connectivity index (χ0) is 10.3. The average Bonchev–Trinajstić information content (AvgIpc) is 2.47. The van der Waals surface area contributed by atoms with Crippen molar-refractivity contribution in [3.63, 3.8) is 0 Å². The Balaban J connectivity index is 2.46. The van der Waals surface area contributed by atoms with Gasteiger partial charge >= 0.3 is 5.97 Å². The third kappa shape index (κ3) is 1.31. The zero-order valence-corrected chi connectivity index (χ0v) is 8.37. The summed E-state index contributed by atoms with van der Waals surface area (Å²) in [6.07, 6.45) is 1.97. The summed E-state index contributed by atoms with van der Waals surface area (Å²) in [6.45, 7) is 4.25. The first-order chi connectivity index (χ1) is 6.59. The molecule has 0 spiro atoms. The lowest BCUT2D eigenvalue weighted by Gasteiger charge is -2.23. The first-order valence-electron chi connectivity index (χ1n) is 4.90. The molecule has 0 aliphatic heterocycles. The summed E-state index contributed by atoms with van der Waals surface area (Å²) in [7, 11) is 0. The van der Waals surface area contributed by atoms with E-state index in [1.165, 1.54) is 0 Å². The second-order valence-corrected chi connectivity index (χ2v) is 4.22. The van der Waals surface area contributed by atoms with Crippen molar-refractivity contribution in [2.24, 2.45) is 5.92 Å². The van der Waals surface area contributed by atoms with Gasteiger partial charge in [0.05, 0.1) is 0 Å². The number of carboxylic acid groups (broad SMARTS) is 1.